The fourth-order valence-electron chi connectivity index (χ4n) is 0.952. The SMILES string of the molecule is CC(C)(O)CNC(O)CCCCN. The third kappa shape index (κ3) is 9.76. The van der Waals surface area contributed by atoms with Crippen LogP contribution in [0.15, 0.2) is 0 Å². The van der Waals surface area contributed by atoms with E-state index in [-0.39, 0.29) is 0 Å². The number of nitrogens with two attached hydrogens (primary N) is 1. The first-order valence-electron chi connectivity index (χ1n) is 4.79. The first kappa shape index (κ1) is 12.8. The van der Waals surface area contributed by atoms with Gasteiger partial charge in [-0.05, 0) is 39.7 Å². The molecular weight excluding hydrogens is 168 g/mol. The first-order chi connectivity index (χ1) is 5.95. The van der Waals surface area contributed by atoms with E-state index in [1.54, 1.807) is 13.8 Å². The van der Waals surface area contributed by atoms with Crippen LogP contribution in [0.3, 0.4) is 0 Å². The molecule has 4 nitrogen and oxygen atoms in total. The minimum Gasteiger partial charge on any atom is -0.389 e. The molecule has 13 heavy (non-hydrogen) atoms. The summed E-state index contributed by atoms with van der Waals surface area (Å²) in [6, 6.07) is 0. The molecule has 0 spiro atoms. The van der Waals surface area contributed by atoms with Crippen LogP contribution in [0, 0.1) is 0 Å². The number of rotatable bonds is 7. The lowest BCUT2D eigenvalue weighted by Gasteiger charge is -2.20. The van der Waals surface area contributed by atoms with Gasteiger partial charge in [-0.15, -0.1) is 0 Å². The molecule has 0 radical (unpaired) electrons. The lowest BCUT2D eigenvalue weighted by molar-refractivity contribution is 0.0466. The van der Waals surface area contributed by atoms with E-state index in [9.17, 15) is 10.2 Å². The van der Waals surface area contributed by atoms with Crippen LogP contribution in [0.5, 0.6) is 0 Å². The third-order valence-corrected chi connectivity index (χ3v) is 1.70. The van der Waals surface area contributed by atoms with Crippen molar-refractivity contribution in [2.75, 3.05) is 13.1 Å². The topological polar surface area (TPSA) is 78.5 Å². The summed E-state index contributed by atoms with van der Waals surface area (Å²) in [7, 11) is 0. The average molecular weight is 190 g/mol. The highest BCUT2D eigenvalue weighted by atomic mass is 16.3. The molecule has 5 N–H and O–H groups in total. The molecule has 0 fully saturated rings. The number of aliphatic hydroxyl groups excluding tert-OH is 1. The van der Waals surface area contributed by atoms with Crippen molar-refractivity contribution in [1.29, 1.82) is 0 Å². The summed E-state index contributed by atoms with van der Waals surface area (Å²) in [6.45, 7) is 4.47. The fraction of sp³-hybridized carbons (Fsp3) is 1.00. The molecule has 0 rings (SSSR count). The molecule has 0 heterocycles. The van der Waals surface area contributed by atoms with Crippen LogP contribution in [-0.2, 0) is 0 Å². The summed E-state index contributed by atoms with van der Waals surface area (Å²) in [5.74, 6) is 0. The number of aliphatic hydroxyl groups is 2. The van der Waals surface area contributed by atoms with Crippen LogP contribution in [-0.4, -0.2) is 35.1 Å². The summed E-state index contributed by atoms with van der Waals surface area (Å²) >= 11 is 0. The zero-order valence-corrected chi connectivity index (χ0v) is 8.58. The van der Waals surface area contributed by atoms with Gasteiger partial charge >= 0.3 is 0 Å². The Labute approximate surface area is 80.1 Å². The molecule has 0 saturated carbocycles. The third-order valence-electron chi connectivity index (χ3n) is 1.70. The Morgan fingerprint density at radius 3 is 2.46 bits per heavy atom. The highest BCUT2D eigenvalue weighted by Gasteiger charge is 2.13. The quantitative estimate of drug-likeness (QED) is 0.331. The fourth-order valence-corrected chi connectivity index (χ4v) is 0.952. The summed E-state index contributed by atoms with van der Waals surface area (Å²) < 4.78 is 0. The van der Waals surface area contributed by atoms with Crippen molar-refractivity contribution in [3.05, 3.63) is 0 Å². The van der Waals surface area contributed by atoms with Crippen molar-refractivity contribution in [3.63, 3.8) is 0 Å². The van der Waals surface area contributed by atoms with Gasteiger partial charge in [-0.25, -0.2) is 0 Å². The normalized spacial score (nSPS) is 14.5. The Bertz CT molecular complexity index is 123. The largest absolute Gasteiger partial charge is 0.389 e. The van der Waals surface area contributed by atoms with Crippen molar-refractivity contribution >= 4 is 0 Å². The number of hydrogen-bond donors (Lipinski definition) is 4. The van der Waals surface area contributed by atoms with Crippen molar-refractivity contribution in [2.24, 2.45) is 5.73 Å². The molecule has 0 saturated heterocycles. The Kier molecular flexibility index (Phi) is 6.24. The van der Waals surface area contributed by atoms with Crippen molar-refractivity contribution in [2.45, 2.75) is 44.9 Å². The molecule has 0 aliphatic carbocycles. The van der Waals surface area contributed by atoms with E-state index < -0.39 is 11.8 Å². The van der Waals surface area contributed by atoms with Crippen molar-refractivity contribution < 1.29 is 10.2 Å². The highest BCUT2D eigenvalue weighted by Crippen LogP contribution is 2.01. The van der Waals surface area contributed by atoms with Gasteiger partial charge in [0.15, 0.2) is 0 Å². The van der Waals surface area contributed by atoms with Gasteiger partial charge in [0, 0.05) is 6.54 Å². The Morgan fingerprint density at radius 2 is 2.00 bits per heavy atom. The van der Waals surface area contributed by atoms with Gasteiger partial charge in [0.2, 0.25) is 0 Å². The van der Waals surface area contributed by atoms with Crippen LogP contribution >= 0.6 is 0 Å². The second kappa shape index (κ2) is 6.32. The maximum absolute atomic E-state index is 9.38. The number of hydrogen-bond acceptors (Lipinski definition) is 4. The monoisotopic (exact) mass is 190 g/mol. The Morgan fingerprint density at radius 1 is 1.38 bits per heavy atom. The maximum Gasteiger partial charge on any atom is 0.105 e. The molecule has 0 aromatic rings. The molecular formula is C9H22N2O2. The smallest absolute Gasteiger partial charge is 0.105 e. The van der Waals surface area contributed by atoms with Gasteiger partial charge in [0.05, 0.1) is 5.60 Å². The zero-order valence-electron chi connectivity index (χ0n) is 8.58. The number of unbranched alkanes of at least 4 members (excludes halogenated alkanes) is 1. The summed E-state index contributed by atoms with van der Waals surface area (Å²) in [5, 5.41) is 21.6. The van der Waals surface area contributed by atoms with Crippen LogP contribution in [0.25, 0.3) is 0 Å². The second-order valence-corrected chi connectivity index (χ2v) is 3.99. The summed E-state index contributed by atoms with van der Waals surface area (Å²) in [6.07, 6.45) is 2.00. The van der Waals surface area contributed by atoms with Gasteiger partial charge in [-0.3, -0.25) is 5.32 Å². The van der Waals surface area contributed by atoms with E-state index in [2.05, 4.69) is 5.32 Å². The van der Waals surface area contributed by atoms with Crippen molar-refractivity contribution in [3.8, 4) is 0 Å². The molecule has 0 bridgehead atoms. The zero-order chi connectivity index (χ0) is 10.3. The van der Waals surface area contributed by atoms with Gasteiger partial charge in [0.25, 0.3) is 0 Å². The van der Waals surface area contributed by atoms with Crippen LogP contribution in [0.1, 0.15) is 33.1 Å². The minimum atomic E-state index is -0.769. The summed E-state index contributed by atoms with van der Waals surface area (Å²) in [5.41, 5.74) is 4.55. The molecule has 0 aromatic carbocycles. The van der Waals surface area contributed by atoms with Gasteiger partial charge in [-0.1, -0.05) is 0 Å². The van der Waals surface area contributed by atoms with Crippen molar-refractivity contribution in [1.82, 2.24) is 5.32 Å². The molecule has 80 valence electrons. The number of nitrogens with one attached hydrogen (secondary N) is 1. The molecule has 0 aliphatic rings. The predicted octanol–water partition coefficient (Wildman–Crippen LogP) is -0.206. The summed E-state index contributed by atoms with van der Waals surface area (Å²) in [4.78, 5) is 0. The van der Waals surface area contributed by atoms with E-state index in [1.807, 2.05) is 0 Å². The highest BCUT2D eigenvalue weighted by molar-refractivity contribution is 4.69. The van der Waals surface area contributed by atoms with E-state index >= 15 is 0 Å². The predicted molar refractivity (Wildman–Crippen MR) is 53.2 cm³/mol. The van der Waals surface area contributed by atoms with E-state index in [0.29, 0.717) is 19.5 Å². The van der Waals surface area contributed by atoms with Gasteiger partial charge in [-0.2, -0.15) is 0 Å². The van der Waals surface area contributed by atoms with Gasteiger partial charge < -0.3 is 15.9 Å². The van der Waals surface area contributed by atoms with E-state index in [0.717, 1.165) is 12.8 Å². The molecule has 0 aromatic heterocycles. The molecule has 1 atom stereocenters. The Hall–Kier alpha value is -0.160. The van der Waals surface area contributed by atoms with Crippen LogP contribution in [0.2, 0.25) is 0 Å². The molecule has 4 heteroatoms. The average Bonchev–Trinajstić information content (AvgIpc) is 2.00. The molecule has 1 unspecified atom stereocenters. The molecule has 0 aliphatic heterocycles. The van der Waals surface area contributed by atoms with E-state index in [1.165, 1.54) is 0 Å². The Balaban J connectivity index is 3.35. The standard InChI is InChI=1S/C9H22N2O2/c1-9(2,13)7-11-8(12)5-3-4-6-10/h8,11-13H,3-7,10H2,1-2H3. The lowest BCUT2D eigenvalue weighted by Crippen LogP contribution is -2.40. The van der Waals surface area contributed by atoms with E-state index in [4.69, 9.17) is 5.73 Å². The maximum atomic E-state index is 9.38. The molecule has 0 amide bonds. The van der Waals surface area contributed by atoms with Gasteiger partial charge in [0.1, 0.15) is 6.23 Å². The first-order valence-corrected chi connectivity index (χ1v) is 4.79. The minimum absolute atomic E-state index is 0.400. The lowest BCUT2D eigenvalue weighted by atomic mass is 10.1. The second-order valence-electron chi connectivity index (χ2n) is 3.99. The van der Waals surface area contributed by atoms with Crippen LogP contribution < -0.4 is 11.1 Å². The van der Waals surface area contributed by atoms with Crippen LogP contribution in [0.4, 0.5) is 0 Å².